The standard InChI is InChI=1S/C16H28N2O4/c1-2-22-16(9-3-4-10-16)11-17-15(21)18-13-7-5-12(6-8-13)14(19)20/h12-13H,2-11H2,1H3,(H,19,20)(H2,17,18,21). The Morgan fingerprint density at radius 1 is 1.18 bits per heavy atom. The van der Waals surface area contributed by atoms with Gasteiger partial charge in [-0.25, -0.2) is 4.79 Å². The molecular formula is C16H28N2O4. The van der Waals surface area contributed by atoms with Gasteiger partial charge < -0.3 is 20.5 Å². The Morgan fingerprint density at radius 2 is 1.82 bits per heavy atom. The van der Waals surface area contributed by atoms with E-state index in [1.165, 1.54) is 0 Å². The number of hydrogen-bond donors (Lipinski definition) is 3. The van der Waals surface area contributed by atoms with Crippen LogP contribution in [0.4, 0.5) is 4.79 Å². The highest BCUT2D eigenvalue weighted by Crippen LogP contribution is 2.32. The van der Waals surface area contributed by atoms with E-state index in [9.17, 15) is 9.59 Å². The van der Waals surface area contributed by atoms with Crippen molar-refractivity contribution in [2.24, 2.45) is 5.92 Å². The molecule has 2 amide bonds. The van der Waals surface area contributed by atoms with Crippen LogP contribution in [0.1, 0.15) is 58.3 Å². The highest BCUT2D eigenvalue weighted by molar-refractivity contribution is 5.74. The SMILES string of the molecule is CCOC1(CNC(=O)NC2CCC(C(=O)O)CC2)CCCC1. The second-order valence-corrected chi connectivity index (χ2v) is 6.54. The first kappa shape index (κ1) is 17.1. The molecule has 6 heteroatoms. The molecule has 0 aromatic rings. The summed E-state index contributed by atoms with van der Waals surface area (Å²) in [5.41, 5.74) is -0.187. The lowest BCUT2D eigenvalue weighted by Crippen LogP contribution is -2.49. The van der Waals surface area contributed by atoms with Gasteiger partial charge in [0.15, 0.2) is 0 Å². The van der Waals surface area contributed by atoms with Crippen LogP contribution in [0, 0.1) is 5.92 Å². The molecule has 0 saturated heterocycles. The topological polar surface area (TPSA) is 87.7 Å². The number of carbonyl (C=O) groups is 2. The fourth-order valence-electron chi connectivity index (χ4n) is 3.66. The van der Waals surface area contributed by atoms with E-state index >= 15 is 0 Å². The molecule has 0 spiro atoms. The predicted octanol–water partition coefficient (Wildman–Crippen LogP) is 2.28. The van der Waals surface area contributed by atoms with E-state index in [2.05, 4.69) is 10.6 Å². The van der Waals surface area contributed by atoms with Gasteiger partial charge in [0.1, 0.15) is 0 Å². The van der Waals surface area contributed by atoms with Gasteiger partial charge in [0.25, 0.3) is 0 Å². The largest absolute Gasteiger partial charge is 0.481 e. The molecule has 22 heavy (non-hydrogen) atoms. The summed E-state index contributed by atoms with van der Waals surface area (Å²) in [6, 6.07) is -0.0769. The summed E-state index contributed by atoms with van der Waals surface area (Å²) in [6.07, 6.45) is 7.08. The minimum absolute atomic E-state index is 0.0854. The molecule has 126 valence electrons. The van der Waals surface area contributed by atoms with Crippen molar-refractivity contribution in [3.63, 3.8) is 0 Å². The summed E-state index contributed by atoms with van der Waals surface area (Å²) >= 11 is 0. The van der Waals surface area contributed by atoms with Gasteiger partial charge in [-0.3, -0.25) is 4.79 Å². The van der Waals surface area contributed by atoms with Gasteiger partial charge in [-0.1, -0.05) is 12.8 Å². The molecule has 2 aliphatic rings. The summed E-state index contributed by atoms with van der Waals surface area (Å²) in [4.78, 5) is 23.0. The number of hydrogen-bond acceptors (Lipinski definition) is 3. The summed E-state index contributed by atoms with van der Waals surface area (Å²) in [5.74, 6) is -0.969. The highest BCUT2D eigenvalue weighted by atomic mass is 16.5. The smallest absolute Gasteiger partial charge is 0.315 e. The third-order valence-corrected chi connectivity index (χ3v) is 4.95. The zero-order chi connectivity index (χ0) is 16.0. The normalized spacial score (nSPS) is 27.3. The fourth-order valence-corrected chi connectivity index (χ4v) is 3.66. The van der Waals surface area contributed by atoms with Gasteiger partial charge >= 0.3 is 12.0 Å². The highest BCUT2D eigenvalue weighted by Gasteiger charge is 2.35. The number of carboxylic acids is 1. The number of amides is 2. The third kappa shape index (κ3) is 4.60. The summed E-state index contributed by atoms with van der Waals surface area (Å²) in [6.45, 7) is 3.21. The van der Waals surface area contributed by atoms with Crippen molar-refractivity contribution in [2.45, 2.75) is 69.9 Å². The van der Waals surface area contributed by atoms with Crippen LogP contribution in [-0.4, -0.2) is 41.9 Å². The number of carboxylic acid groups (broad SMARTS) is 1. The number of aliphatic carboxylic acids is 1. The Labute approximate surface area is 132 Å². The van der Waals surface area contributed by atoms with Gasteiger partial charge in [-0.05, 0) is 45.4 Å². The van der Waals surface area contributed by atoms with E-state index in [4.69, 9.17) is 9.84 Å². The van der Waals surface area contributed by atoms with E-state index in [1.54, 1.807) is 0 Å². The van der Waals surface area contributed by atoms with Gasteiger partial charge in [-0.15, -0.1) is 0 Å². The van der Waals surface area contributed by atoms with Crippen molar-refractivity contribution < 1.29 is 19.4 Å². The lowest BCUT2D eigenvalue weighted by molar-refractivity contribution is -0.142. The Bertz CT molecular complexity index is 386. The molecule has 0 atom stereocenters. The molecule has 2 saturated carbocycles. The molecule has 2 fully saturated rings. The first-order valence-electron chi connectivity index (χ1n) is 8.46. The average Bonchev–Trinajstić information content (AvgIpc) is 2.95. The lowest BCUT2D eigenvalue weighted by atomic mass is 9.86. The van der Waals surface area contributed by atoms with Crippen LogP contribution < -0.4 is 10.6 Å². The minimum atomic E-state index is -0.720. The Balaban J connectivity index is 1.71. The number of carbonyl (C=O) groups excluding carboxylic acids is 1. The molecule has 0 bridgehead atoms. The maximum absolute atomic E-state index is 12.0. The maximum atomic E-state index is 12.0. The first-order chi connectivity index (χ1) is 10.5. The average molecular weight is 312 g/mol. The lowest BCUT2D eigenvalue weighted by Gasteiger charge is -2.30. The first-order valence-corrected chi connectivity index (χ1v) is 8.46. The van der Waals surface area contributed by atoms with Gasteiger partial charge in [-0.2, -0.15) is 0 Å². The van der Waals surface area contributed by atoms with E-state index in [1.807, 2.05) is 6.92 Å². The van der Waals surface area contributed by atoms with Crippen LogP contribution in [-0.2, 0) is 9.53 Å². The molecule has 0 radical (unpaired) electrons. The van der Waals surface area contributed by atoms with Gasteiger partial charge in [0, 0.05) is 19.2 Å². The van der Waals surface area contributed by atoms with E-state index in [0.29, 0.717) is 26.0 Å². The molecule has 0 aliphatic heterocycles. The zero-order valence-corrected chi connectivity index (χ0v) is 13.4. The summed E-state index contributed by atoms with van der Waals surface area (Å²) in [7, 11) is 0. The molecule has 6 nitrogen and oxygen atoms in total. The summed E-state index contributed by atoms with van der Waals surface area (Å²) in [5, 5.41) is 14.9. The zero-order valence-electron chi connectivity index (χ0n) is 13.4. The van der Waals surface area contributed by atoms with Crippen molar-refractivity contribution in [2.75, 3.05) is 13.2 Å². The molecule has 0 unspecified atom stereocenters. The van der Waals surface area contributed by atoms with Crippen molar-refractivity contribution >= 4 is 12.0 Å². The van der Waals surface area contributed by atoms with Crippen molar-refractivity contribution in [3.8, 4) is 0 Å². The molecule has 0 heterocycles. The van der Waals surface area contributed by atoms with Crippen LogP contribution >= 0.6 is 0 Å². The molecule has 2 rings (SSSR count). The minimum Gasteiger partial charge on any atom is -0.481 e. The monoisotopic (exact) mass is 312 g/mol. The Morgan fingerprint density at radius 3 is 2.36 bits per heavy atom. The quantitative estimate of drug-likeness (QED) is 0.702. The second-order valence-electron chi connectivity index (χ2n) is 6.54. The summed E-state index contributed by atoms with van der Waals surface area (Å²) < 4.78 is 5.86. The number of urea groups is 1. The van der Waals surface area contributed by atoms with Crippen LogP contribution in [0.25, 0.3) is 0 Å². The van der Waals surface area contributed by atoms with E-state index in [0.717, 1.165) is 38.5 Å². The van der Waals surface area contributed by atoms with E-state index in [-0.39, 0.29) is 23.6 Å². The van der Waals surface area contributed by atoms with Crippen molar-refractivity contribution in [1.29, 1.82) is 0 Å². The molecule has 3 N–H and O–H groups in total. The predicted molar refractivity (Wildman–Crippen MR) is 82.7 cm³/mol. The second kappa shape index (κ2) is 7.81. The Hall–Kier alpha value is -1.30. The number of ether oxygens (including phenoxy) is 1. The van der Waals surface area contributed by atoms with Crippen LogP contribution in [0.3, 0.4) is 0 Å². The van der Waals surface area contributed by atoms with Crippen molar-refractivity contribution in [3.05, 3.63) is 0 Å². The van der Waals surface area contributed by atoms with Crippen LogP contribution in [0.2, 0.25) is 0 Å². The maximum Gasteiger partial charge on any atom is 0.315 e. The van der Waals surface area contributed by atoms with Crippen LogP contribution in [0.15, 0.2) is 0 Å². The molecular weight excluding hydrogens is 284 g/mol. The molecule has 0 aromatic heterocycles. The number of nitrogens with one attached hydrogen (secondary N) is 2. The van der Waals surface area contributed by atoms with Gasteiger partial charge in [0.2, 0.25) is 0 Å². The van der Waals surface area contributed by atoms with Crippen molar-refractivity contribution in [1.82, 2.24) is 10.6 Å². The third-order valence-electron chi connectivity index (χ3n) is 4.95. The van der Waals surface area contributed by atoms with Gasteiger partial charge in [0.05, 0.1) is 11.5 Å². The number of rotatable bonds is 6. The Kier molecular flexibility index (Phi) is 6.06. The van der Waals surface area contributed by atoms with Crippen LogP contribution in [0.5, 0.6) is 0 Å². The molecule has 0 aromatic carbocycles. The van der Waals surface area contributed by atoms with E-state index < -0.39 is 5.97 Å². The molecule has 2 aliphatic carbocycles. The fraction of sp³-hybridized carbons (Fsp3) is 0.875.